The third-order valence-corrected chi connectivity index (χ3v) is 1.83. The van der Waals surface area contributed by atoms with Crippen LogP contribution in [-0.2, 0) is 23.7 Å². The Balaban J connectivity index is 3.25. The van der Waals surface area contributed by atoms with Crippen molar-refractivity contribution < 1.29 is 23.7 Å². The first kappa shape index (κ1) is 17.4. The molecule has 0 heterocycles. The van der Waals surface area contributed by atoms with Gasteiger partial charge in [0, 0.05) is 6.61 Å². The molecular formula is C13H26O5. The van der Waals surface area contributed by atoms with Gasteiger partial charge in [-0.3, -0.25) is 0 Å². The Hall–Kier alpha value is -0.650. The minimum Gasteiger partial charge on any atom is -0.463 e. The van der Waals surface area contributed by atoms with E-state index in [1.807, 2.05) is 27.7 Å². The first-order chi connectivity index (χ1) is 8.45. The van der Waals surface area contributed by atoms with Crippen molar-refractivity contribution >= 4 is 5.97 Å². The number of esters is 1. The molecule has 0 aromatic rings. The third kappa shape index (κ3) is 13.4. The molecular weight excluding hydrogens is 236 g/mol. The molecule has 108 valence electrons. The molecule has 0 atom stereocenters. The fraction of sp³-hybridized carbons (Fsp3) is 0.923. The zero-order valence-corrected chi connectivity index (χ0v) is 12.0. The summed E-state index contributed by atoms with van der Waals surface area (Å²) >= 11 is 0. The van der Waals surface area contributed by atoms with Crippen LogP contribution < -0.4 is 0 Å². The van der Waals surface area contributed by atoms with E-state index in [9.17, 15) is 4.79 Å². The molecule has 0 saturated carbocycles. The van der Waals surface area contributed by atoms with E-state index in [1.54, 1.807) is 0 Å². The summed E-state index contributed by atoms with van der Waals surface area (Å²) in [5.41, 5.74) is -0.0158. The first-order valence-corrected chi connectivity index (χ1v) is 6.34. The average Bonchev–Trinajstić information content (AvgIpc) is 2.29. The fourth-order valence-electron chi connectivity index (χ4n) is 0.976. The molecule has 0 fully saturated rings. The summed E-state index contributed by atoms with van der Waals surface area (Å²) in [6, 6.07) is 0. The van der Waals surface area contributed by atoms with Crippen LogP contribution in [0.3, 0.4) is 0 Å². The van der Waals surface area contributed by atoms with Crippen molar-refractivity contribution in [2.24, 2.45) is 5.41 Å². The molecule has 0 rings (SSSR count). The normalized spacial score (nSPS) is 11.6. The Labute approximate surface area is 110 Å². The van der Waals surface area contributed by atoms with Crippen molar-refractivity contribution in [1.82, 2.24) is 0 Å². The highest BCUT2D eigenvalue weighted by Gasteiger charge is 2.13. The Bertz CT molecular complexity index is 210. The van der Waals surface area contributed by atoms with Gasteiger partial charge >= 0.3 is 5.97 Å². The Morgan fingerprint density at radius 1 is 0.944 bits per heavy atom. The lowest BCUT2D eigenvalue weighted by Crippen LogP contribution is -2.22. The molecule has 5 nitrogen and oxygen atoms in total. The lowest BCUT2D eigenvalue weighted by atomic mass is 9.99. The van der Waals surface area contributed by atoms with E-state index < -0.39 is 0 Å². The second-order valence-electron chi connectivity index (χ2n) is 5.08. The number of hydrogen-bond acceptors (Lipinski definition) is 5. The second-order valence-corrected chi connectivity index (χ2v) is 5.08. The predicted octanol–water partition coefficient (Wildman–Crippen LogP) is 1.65. The van der Waals surface area contributed by atoms with Crippen molar-refractivity contribution in [3.05, 3.63) is 0 Å². The molecule has 0 spiro atoms. The summed E-state index contributed by atoms with van der Waals surface area (Å²) in [5, 5.41) is 0. The number of hydrogen-bond donors (Lipinski definition) is 0. The van der Waals surface area contributed by atoms with E-state index in [2.05, 4.69) is 0 Å². The Morgan fingerprint density at radius 2 is 1.50 bits per heavy atom. The molecule has 18 heavy (non-hydrogen) atoms. The summed E-state index contributed by atoms with van der Waals surface area (Å²) in [4.78, 5) is 11.3. The summed E-state index contributed by atoms with van der Waals surface area (Å²) in [6.45, 7) is 11.0. The van der Waals surface area contributed by atoms with Crippen LogP contribution in [0.2, 0.25) is 0 Å². The van der Waals surface area contributed by atoms with Gasteiger partial charge in [0.15, 0.2) is 0 Å². The van der Waals surface area contributed by atoms with Crippen LogP contribution in [0, 0.1) is 5.41 Å². The molecule has 0 radical (unpaired) electrons. The zero-order chi connectivity index (χ0) is 13.9. The minimum absolute atomic E-state index is 0.0158. The first-order valence-electron chi connectivity index (χ1n) is 6.34. The van der Waals surface area contributed by atoms with Gasteiger partial charge in [0.2, 0.25) is 0 Å². The molecule has 0 aliphatic carbocycles. The quantitative estimate of drug-likeness (QED) is 0.442. The lowest BCUT2D eigenvalue weighted by molar-refractivity contribution is -0.152. The van der Waals surface area contributed by atoms with Crippen LogP contribution in [0.1, 0.15) is 27.7 Å². The van der Waals surface area contributed by atoms with Crippen LogP contribution in [-0.4, -0.2) is 52.2 Å². The van der Waals surface area contributed by atoms with Crippen molar-refractivity contribution in [1.29, 1.82) is 0 Å². The van der Waals surface area contributed by atoms with Gasteiger partial charge in [0.05, 0.1) is 33.0 Å². The molecule has 5 heteroatoms. The van der Waals surface area contributed by atoms with Crippen molar-refractivity contribution in [3.8, 4) is 0 Å². The van der Waals surface area contributed by atoms with Crippen LogP contribution in [0.5, 0.6) is 0 Å². The maximum Gasteiger partial charge on any atom is 0.332 e. The average molecular weight is 262 g/mol. The highest BCUT2D eigenvalue weighted by Crippen LogP contribution is 2.12. The number of ether oxygens (including phenoxy) is 4. The third-order valence-electron chi connectivity index (χ3n) is 1.83. The van der Waals surface area contributed by atoms with Crippen molar-refractivity contribution in [2.75, 3.05) is 46.2 Å². The van der Waals surface area contributed by atoms with E-state index in [0.29, 0.717) is 39.6 Å². The van der Waals surface area contributed by atoms with Gasteiger partial charge < -0.3 is 18.9 Å². The topological polar surface area (TPSA) is 54.0 Å². The molecule has 0 aliphatic rings. The molecule has 0 aromatic carbocycles. The second kappa shape index (κ2) is 10.3. The number of carbonyl (C=O) groups excluding carboxylic acids is 1. The highest BCUT2D eigenvalue weighted by atomic mass is 16.6. The van der Waals surface area contributed by atoms with Crippen molar-refractivity contribution in [2.45, 2.75) is 27.7 Å². The molecule has 0 unspecified atom stereocenters. The van der Waals surface area contributed by atoms with Crippen molar-refractivity contribution in [3.63, 3.8) is 0 Å². The Morgan fingerprint density at radius 3 is 2.06 bits per heavy atom. The number of carbonyl (C=O) groups is 1. The SMILES string of the molecule is CCOCCOCCOCC(=O)OCC(C)(C)C. The lowest BCUT2D eigenvalue weighted by Gasteiger charge is -2.17. The summed E-state index contributed by atoms with van der Waals surface area (Å²) < 4.78 is 20.5. The fourth-order valence-corrected chi connectivity index (χ4v) is 0.976. The monoisotopic (exact) mass is 262 g/mol. The van der Waals surface area contributed by atoms with E-state index in [1.165, 1.54) is 0 Å². The van der Waals surface area contributed by atoms with Gasteiger partial charge in [-0.15, -0.1) is 0 Å². The van der Waals surface area contributed by atoms with Gasteiger partial charge in [-0.1, -0.05) is 20.8 Å². The molecule has 0 bridgehead atoms. The van der Waals surface area contributed by atoms with Gasteiger partial charge in [-0.05, 0) is 12.3 Å². The summed E-state index contributed by atoms with van der Waals surface area (Å²) in [6.07, 6.45) is 0. The van der Waals surface area contributed by atoms with Crippen LogP contribution in [0.15, 0.2) is 0 Å². The molecule has 0 saturated heterocycles. The van der Waals surface area contributed by atoms with Gasteiger partial charge in [0.25, 0.3) is 0 Å². The Kier molecular flexibility index (Phi) is 9.92. The zero-order valence-electron chi connectivity index (χ0n) is 12.0. The van der Waals surface area contributed by atoms with Gasteiger partial charge in [-0.2, -0.15) is 0 Å². The van der Waals surface area contributed by atoms with Gasteiger partial charge in [-0.25, -0.2) is 4.79 Å². The van der Waals surface area contributed by atoms with Gasteiger partial charge in [0.1, 0.15) is 6.61 Å². The van der Waals surface area contributed by atoms with Crippen LogP contribution in [0.25, 0.3) is 0 Å². The smallest absolute Gasteiger partial charge is 0.332 e. The maximum atomic E-state index is 11.3. The predicted molar refractivity (Wildman–Crippen MR) is 68.5 cm³/mol. The van der Waals surface area contributed by atoms with E-state index in [0.717, 1.165) is 0 Å². The minimum atomic E-state index is -0.334. The highest BCUT2D eigenvalue weighted by molar-refractivity contribution is 5.70. The molecule has 0 N–H and O–H groups in total. The maximum absolute atomic E-state index is 11.3. The molecule has 0 aromatic heterocycles. The standard InChI is InChI=1S/C13H26O5/c1-5-15-6-7-16-8-9-17-10-12(14)18-11-13(2,3)4/h5-11H2,1-4H3. The van der Waals surface area contributed by atoms with Crippen LogP contribution >= 0.6 is 0 Å². The van der Waals surface area contributed by atoms with E-state index in [-0.39, 0.29) is 18.0 Å². The van der Waals surface area contributed by atoms with E-state index in [4.69, 9.17) is 18.9 Å². The van der Waals surface area contributed by atoms with E-state index >= 15 is 0 Å². The number of rotatable bonds is 10. The summed E-state index contributed by atoms with van der Waals surface area (Å²) in [5.74, 6) is -0.334. The molecule has 0 amide bonds. The van der Waals surface area contributed by atoms with Crippen LogP contribution in [0.4, 0.5) is 0 Å². The largest absolute Gasteiger partial charge is 0.463 e. The summed E-state index contributed by atoms with van der Waals surface area (Å²) in [7, 11) is 0. The molecule has 0 aliphatic heterocycles.